The van der Waals surface area contributed by atoms with Gasteiger partial charge in [0.15, 0.2) is 6.61 Å². The molecule has 0 fully saturated rings. The second-order valence-corrected chi connectivity index (χ2v) is 3.97. The SMILES string of the molecule is CCNCc1ccc(OCC(=O)OC)c(C(F)(F)F)c1. The molecule has 112 valence electrons. The molecule has 0 aliphatic carbocycles. The van der Waals surface area contributed by atoms with Crippen LogP contribution in [0.4, 0.5) is 13.2 Å². The van der Waals surface area contributed by atoms with Crippen molar-refractivity contribution in [3.63, 3.8) is 0 Å². The van der Waals surface area contributed by atoms with Gasteiger partial charge in [-0.25, -0.2) is 4.79 Å². The average Bonchev–Trinajstić information content (AvgIpc) is 2.41. The van der Waals surface area contributed by atoms with Gasteiger partial charge in [0, 0.05) is 6.54 Å². The van der Waals surface area contributed by atoms with Gasteiger partial charge in [-0.05, 0) is 24.2 Å². The molecule has 0 spiro atoms. The Morgan fingerprint density at radius 3 is 2.60 bits per heavy atom. The van der Waals surface area contributed by atoms with Gasteiger partial charge in [-0.3, -0.25) is 0 Å². The van der Waals surface area contributed by atoms with Gasteiger partial charge in [0.1, 0.15) is 5.75 Å². The van der Waals surface area contributed by atoms with Crippen molar-refractivity contribution in [2.24, 2.45) is 0 Å². The topological polar surface area (TPSA) is 47.6 Å². The van der Waals surface area contributed by atoms with Crippen LogP contribution in [0.3, 0.4) is 0 Å². The van der Waals surface area contributed by atoms with Crippen molar-refractivity contribution in [3.05, 3.63) is 29.3 Å². The molecule has 0 aliphatic rings. The molecule has 0 saturated carbocycles. The van der Waals surface area contributed by atoms with E-state index in [4.69, 9.17) is 4.74 Å². The van der Waals surface area contributed by atoms with Crippen LogP contribution in [0.5, 0.6) is 5.75 Å². The summed E-state index contributed by atoms with van der Waals surface area (Å²) in [7, 11) is 1.13. The van der Waals surface area contributed by atoms with E-state index in [1.807, 2.05) is 6.92 Å². The number of rotatable bonds is 6. The highest BCUT2D eigenvalue weighted by molar-refractivity contribution is 5.70. The van der Waals surface area contributed by atoms with E-state index in [0.29, 0.717) is 18.7 Å². The van der Waals surface area contributed by atoms with E-state index >= 15 is 0 Å². The minimum absolute atomic E-state index is 0.330. The molecule has 20 heavy (non-hydrogen) atoms. The first-order valence-electron chi connectivity index (χ1n) is 5.99. The summed E-state index contributed by atoms with van der Waals surface area (Å²) < 4.78 is 48.0. The Kier molecular flexibility index (Phi) is 5.82. The second-order valence-electron chi connectivity index (χ2n) is 3.97. The van der Waals surface area contributed by atoms with Crippen molar-refractivity contribution in [1.29, 1.82) is 0 Å². The number of halogens is 3. The fourth-order valence-corrected chi connectivity index (χ4v) is 1.50. The van der Waals surface area contributed by atoms with Crippen molar-refractivity contribution in [3.8, 4) is 5.75 Å². The zero-order valence-corrected chi connectivity index (χ0v) is 11.2. The summed E-state index contributed by atoms with van der Waals surface area (Å²) in [6.07, 6.45) is -4.55. The Hall–Kier alpha value is -1.76. The molecule has 0 heterocycles. The molecule has 0 aromatic heterocycles. The molecule has 1 N–H and O–H groups in total. The Bertz CT molecular complexity index is 461. The number of carbonyl (C=O) groups is 1. The summed E-state index contributed by atoms with van der Waals surface area (Å²) in [5.74, 6) is -1.13. The Morgan fingerprint density at radius 2 is 2.05 bits per heavy atom. The number of nitrogens with one attached hydrogen (secondary N) is 1. The fourth-order valence-electron chi connectivity index (χ4n) is 1.50. The Morgan fingerprint density at radius 1 is 1.35 bits per heavy atom. The molecule has 0 radical (unpaired) electrons. The minimum atomic E-state index is -4.55. The molecule has 0 aliphatic heterocycles. The third kappa shape index (κ3) is 4.73. The zero-order chi connectivity index (χ0) is 15.2. The predicted molar refractivity (Wildman–Crippen MR) is 66.3 cm³/mol. The normalized spacial score (nSPS) is 11.2. The third-order valence-electron chi connectivity index (χ3n) is 2.50. The van der Waals surface area contributed by atoms with E-state index in [9.17, 15) is 18.0 Å². The molecule has 0 atom stereocenters. The lowest BCUT2D eigenvalue weighted by Gasteiger charge is -2.15. The predicted octanol–water partition coefficient (Wildman–Crippen LogP) is 2.37. The second kappa shape index (κ2) is 7.14. The summed E-state index contributed by atoms with van der Waals surface area (Å²) in [4.78, 5) is 10.9. The first kappa shape index (κ1) is 16.3. The zero-order valence-electron chi connectivity index (χ0n) is 11.2. The van der Waals surface area contributed by atoms with Gasteiger partial charge in [-0.1, -0.05) is 13.0 Å². The lowest BCUT2D eigenvalue weighted by atomic mass is 10.1. The smallest absolute Gasteiger partial charge is 0.419 e. The number of ether oxygens (including phenoxy) is 2. The van der Waals surface area contributed by atoms with Gasteiger partial charge in [0.05, 0.1) is 12.7 Å². The molecule has 7 heteroatoms. The molecular weight excluding hydrogens is 275 g/mol. The van der Waals surface area contributed by atoms with E-state index in [0.717, 1.165) is 13.2 Å². The van der Waals surface area contributed by atoms with Gasteiger partial charge < -0.3 is 14.8 Å². The maximum Gasteiger partial charge on any atom is 0.419 e. The highest BCUT2D eigenvalue weighted by Crippen LogP contribution is 2.36. The summed E-state index contributed by atoms with van der Waals surface area (Å²) in [6, 6.07) is 3.73. The van der Waals surface area contributed by atoms with Gasteiger partial charge in [-0.15, -0.1) is 0 Å². The molecule has 1 rings (SSSR count). The van der Waals surface area contributed by atoms with Crippen molar-refractivity contribution in [2.45, 2.75) is 19.6 Å². The number of hydrogen-bond donors (Lipinski definition) is 1. The van der Waals surface area contributed by atoms with Gasteiger partial charge in [0.2, 0.25) is 0 Å². The number of alkyl halides is 3. The number of benzene rings is 1. The lowest BCUT2D eigenvalue weighted by molar-refractivity contribution is -0.145. The van der Waals surface area contributed by atoms with E-state index in [2.05, 4.69) is 10.1 Å². The van der Waals surface area contributed by atoms with Crippen LogP contribution >= 0.6 is 0 Å². The van der Waals surface area contributed by atoms with Gasteiger partial charge in [0.25, 0.3) is 0 Å². The summed E-state index contributed by atoms with van der Waals surface area (Å²) in [6.45, 7) is 2.28. The average molecular weight is 291 g/mol. The maximum atomic E-state index is 12.9. The maximum absolute atomic E-state index is 12.9. The highest BCUT2D eigenvalue weighted by atomic mass is 19.4. The van der Waals surface area contributed by atoms with Crippen molar-refractivity contribution in [1.82, 2.24) is 5.32 Å². The van der Waals surface area contributed by atoms with Crippen LogP contribution < -0.4 is 10.1 Å². The minimum Gasteiger partial charge on any atom is -0.481 e. The molecular formula is C13H16F3NO3. The van der Waals surface area contributed by atoms with Gasteiger partial charge in [-0.2, -0.15) is 13.2 Å². The quantitative estimate of drug-likeness (QED) is 0.817. The summed E-state index contributed by atoms with van der Waals surface area (Å²) in [5.41, 5.74) is -0.415. The van der Waals surface area contributed by atoms with Crippen LogP contribution in [0.1, 0.15) is 18.1 Å². The molecule has 0 unspecified atom stereocenters. The molecule has 0 saturated heterocycles. The van der Waals surface area contributed by atoms with Crippen LogP contribution in [0.15, 0.2) is 18.2 Å². The fraction of sp³-hybridized carbons (Fsp3) is 0.462. The number of carbonyl (C=O) groups excluding carboxylic acids is 1. The lowest BCUT2D eigenvalue weighted by Crippen LogP contribution is -2.17. The number of methoxy groups -OCH3 is 1. The molecule has 1 aromatic rings. The Labute approximate surface area is 114 Å². The standard InChI is InChI=1S/C13H16F3NO3/c1-3-17-7-9-4-5-11(20-8-12(18)19-2)10(6-9)13(14,15)16/h4-6,17H,3,7-8H2,1-2H3. The van der Waals surface area contributed by atoms with Crippen LogP contribution in [0.25, 0.3) is 0 Å². The van der Waals surface area contributed by atoms with Crippen molar-refractivity contribution < 1.29 is 27.4 Å². The molecule has 4 nitrogen and oxygen atoms in total. The largest absolute Gasteiger partial charge is 0.481 e. The van der Waals surface area contributed by atoms with Crippen LogP contribution in [0.2, 0.25) is 0 Å². The van der Waals surface area contributed by atoms with E-state index in [-0.39, 0.29) is 5.75 Å². The van der Waals surface area contributed by atoms with E-state index in [1.54, 1.807) is 0 Å². The molecule has 0 amide bonds. The highest BCUT2D eigenvalue weighted by Gasteiger charge is 2.34. The third-order valence-corrected chi connectivity index (χ3v) is 2.50. The number of esters is 1. The van der Waals surface area contributed by atoms with E-state index < -0.39 is 24.3 Å². The monoisotopic (exact) mass is 291 g/mol. The molecule has 1 aromatic carbocycles. The van der Waals surface area contributed by atoms with Gasteiger partial charge >= 0.3 is 12.1 Å². The Balaban J connectivity index is 2.95. The van der Waals surface area contributed by atoms with Crippen molar-refractivity contribution >= 4 is 5.97 Å². The first-order chi connectivity index (χ1) is 9.38. The van der Waals surface area contributed by atoms with Crippen LogP contribution in [-0.4, -0.2) is 26.2 Å². The van der Waals surface area contributed by atoms with E-state index in [1.165, 1.54) is 12.1 Å². The molecule has 0 bridgehead atoms. The number of hydrogen-bond acceptors (Lipinski definition) is 4. The van der Waals surface area contributed by atoms with Crippen molar-refractivity contribution in [2.75, 3.05) is 20.3 Å². The van der Waals surface area contributed by atoms with Crippen LogP contribution in [-0.2, 0) is 22.3 Å². The first-order valence-corrected chi connectivity index (χ1v) is 5.99. The summed E-state index contributed by atoms with van der Waals surface area (Å²) >= 11 is 0. The summed E-state index contributed by atoms with van der Waals surface area (Å²) in [5, 5.41) is 2.94. The van der Waals surface area contributed by atoms with Crippen LogP contribution in [0, 0.1) is 0 Å².